The molecule has 0 radical (unpaired) electrons. The molecule has 1 unspecified atom stereocenters. The first-order valence-corrected chi connectivity index (χ1v) is 10.9. The zero-order valence-corrected chi connectivity index (χ0v) is 16.9. The maximum absolute atomic E-state index is 12.7. The number of nitrogens with zero attached hydrogens (tertiary/aromatic N) is 1. The van der Waals surface area contributed by atoms with Crippen LogP contribution in [0.25, 0.3) is 0 Å². The number of carbonyl (C=O) groups is 4. The van der Waals surface area contributed by atoms with Crippen molar-refractivity contribution in [1.29, 1.82) is 0 Å². The molecule has 0 aromatic heterocycles. The van der Waals surface area contributed by atoms with E-state index >= 15 is 0 Å². The van der Waals surface area contributed by atoms with Crippen molar-refractivity contribution in [3.63, 3.8) is 0 Å². The third-order valence-electron chi connectivity index (χ3n) is 4.77. The van der Waals surface area contributed by atoms with E-state index in [1.807, 2.05) is 0 Å². The van der Waals surface area contributed by atoms with Crippen molar-refractivity contribution in [3.8, 4) is 5.75 Å². The van der Waals surface area contributed by atoms with Gasteiger partial charge < -0.3 is 4.74 Å². The second-order valence-corrected chi connectivity index (χ2v) is 8.53. The van der Waals surface area contributed by atoms with E-state index in [2.05, 4.69) is 16.6 Å². The SMILES string of the molecule is C=CS(=O)(=O)NCCCCOc1ccc2c(c1)C(=O)N(C1CCC(=O)NC1=O)C2=O. The molecule has 11 heteroatoms. The number of benzene rings is 1. The summed E-state index contributed by atoms with van der Waals surface area (Å²) in [5, 5.41) is 2.98. The first-order chi connectivity index (χ1) is 14.2. The Hall–Kier alpha value is -3.05. The fourth-order valence-electron chi connectivity index (χ4n) is 3.23. The molecule has 0 bridgehead atoms. The van der Waals surface area contributed by atoms with Gasteiger partial charge in [-0.15, -0.1) is 0 Å². The Kier molecular flexibility index (Phi) is 6.32. The van der Waals surface area contributed by atoms with Gasteiger partial charge in [0.15, 0.2) is 0 Å². The third kappa shape index (κ3) is 4.57. The van der Waals surface area contributed by atoms with E-state index < -0.39 is 39.7 Å². The smallest absolute Gasteiger partial charge is 0.262 e. The van der Waals surface area contributed by atoms with E-state index in [0.29, 0.717) is 18.6 Å². The van der Waals surface area contributed by atoms with Gasteiger partial charge in [-0.2, -0.15) is 0 Å². The summed E-state index contributed by atoms with van der Waals surface area (Å²) in [5.74, 6) is -1.89. The Morgan fingerprint density at radius 1 is 1.17 bits per heavy atom. The topological polar surface area (TPSA) is 139 Å². The number of fused-ring (bicyclic) bond motifs is 1. The second-order valence-electron chi connectivity index (χ2n) is 6.82. The van der Waals surface area contributed by atoms with Crippen molar-refractivity contribution in [3.05, 3.63) is 41.3 Å². The lowest BCUT2D eigenvalue weighted by Crippen LogP contribution is -2.54. The van der Waals surface area contributed by atoms with Crippen LogP contribution >= 0.6 is 0 Å². The van der Waals surface area contributed by atoms with Crippen molar-refractivity contribution in [2.24, 2.45) is 0 Å². The summed E-state index contributed by atoms with van der Waals surface area (Å²) >= 11 is 0. The lowest BCUT2D eigenvalue weighted by atomic mass is 10.0. The van der Waals surface area contributed by atoms with E-state index in [-0.39, 0.29) is 37.1 Å². The number of imide groups is 2. The van der Waals surface area contributed by atoms with Crippen molar-refractivity contribution in [2.45, 2.75) is 31.7 Å². The number of sulfonamides is 1. The second kappa shape index (κ2) is 8.76. The average Bonchev–Trinajstić information content (AvgIpc) is 2.95. The Morgan fingerprint density at radius 3 is 2.60 bits per heavy atom. The molecule has 1 atom stereocenters. The number of nitrogens with one attached hydrogen (secondary N) is 2. The molecule has 1 saturated heterocycles. The normalized spacial score (nSPS) is 18.9. The molecule has 160 valence electrons. The number of amides is 4. The Labute approximate surface area is 173 Å². The van der Waals surface area contributed by atoms with Crippen LogP contribution in [0.15, 0.2) is 30.2 Å². The van der Waals surface area contributed by atoms with Gasteiger partial charge in [-0.1, -0.05) is 6.58 Å². The molecule has 0 aliphatic carbocycles. The summed E-state index contributed by atoms with van der Waals surface area (Å²) in [5.41, 5.74) is 0.317. The fraction of sp³-hybridized carbons (Fsp3) is 0.368. The Bertz CT molecular complexity index is 1020. The van der Waals surface area contributed by atoms with Gasteiger partial charge in [0.1, 0.15) is 11.8 Å². The largest absolute Gasteiger partial charge is 0.494 e. The van der Waals surface area contributed by atoms with Crippen LogP contribution in [0.3, 0.4) is 0 Å². The molecule has 0 spiro atoms. The monoisotopic (exact) mass is 435 g/mol. The van der Waals surface area contributed by atoms with Crippen molar-refractivity contribution < 1.29 is 32.3 Å². The van der Waals surface area contributed by atoms with Gasteiger partial charge in [0.25, 0.3) is 11.8 Å². The molecular formula is C19H21N3O7S. The molecule has 2 heterocycles. The quantitative estimate of drug-likeness (QED) is 0.420. The fourth-order valence-corrected chi connectivity index (χ4v) is 3.78. The molecule has 4 amide bonds. The van der Waals surface area contributed by atoms with Crippen LogP contribution in [-0.4, -0.2) is 56.1 Å². The van der Waals surface area contributed by atoms with Crippen LogP contribution < -0.4 is 14.8 Å². The van der Waals surface area contributed by atoms with Crippen molar-refractivity contribution in [2.75, 3.05) is 13.2 Å². The molecule has 2 aliphatic heterocycles. The van der Waals surface area contributed by atoms with Crippen LogP contribution in [0.2, 0.25) is 0 Å². The molecule has 2 aliphatic rings. The van der Waals surface area contributed by atoms with E-state index in [1.165, 1.54) is 12.1 Å². The number of rotatable bonds is 9. The molecule has 30 heavy (non-hydrogen) atoms. The van der Waals surface area contributed by atoms with Crippen molar-refractivity contribution in [1.82, 2.24) is 14.9 Å². The maximum atomic E-state index is 12.7. The summed E-state index contributed by atoms with van der Waals surface area (Å²) in [7, 11) is -3.45. The third-order valence-corrected chi connectivity index (χ3v) is 5.82. The summed E-state index contributed by atoms with van der Waals surface area (Å²) in [4.78, 5) is 49.6. The summed E-state index contributed by atoms with van der Waals surface area (Å²) in [6.07, 6.45) is 1.25. The van der Waals surface area contributed by atoms with E-state index in [4.69, 9.17) is 4.74 Å². The van der Waals surface area contributed by atoms with Gasteiger partial charge in [0.05, 0.1) is 17.7 Å². The van der Waals surface area contributed by atoms with Crippen molar-refractivity contribution >= 4 is 33.7 Å². The summed E-state index contributed by atoms with van der Waals surface area (Å²) in [6.45, 7) is 3.73. The maximum Gasteiger partial charge on any atom is 0.262 e. The number of ether oxygens (including phenoxy) is 1. The number of carbonyl (C=O) groups excluding carboxylic acids is 4. The van der Waals surface area contributed by atoms with Gasteiger partial charge in [-0.3, -0.25) is 29.4 Å². The average molecular weight is 435 g/mol. The Morgan fingerprint density at radius 2 is 1.90 bits per heavy atom. The minimum Gasteiger partial charge on any atom is -0.494 e. The van der Waals surface area contributed by atoms with Crippen LogP contribution in [0.1, 0.15) is 46.4 Å². The van der Waals surface area contributed by atoms with E-state index in [9.17, 15) is 27.6 Å². The van der Waals surface area contributed by atoms with Crippen LogP contribution in [0.5, 0.6) is 5.75 Å². The summed E-state index contributed by atoms with van der Waals surface area (Å²) in [6, 6.07) is 3.45. The highest BCUT2D eigenvalue weighted by Gasteiger charge is 2.44. The van der Waals surface area contributed by atoms with E-state index in [1.54, 1.807) is 6.07 Å². The molecule has 3 rings (SSSR count). The number of hydrogen-bond donors (Lipinski definition) is 2. The van der Waals surface area contributed by atoms with Gasteiger partial charge >= 0.3 is 0 Å². The minimum atomic E-state index is -3.45. The zero-order valence-electron chi connectivity index (χ0n) is 16.0. The minimum absolute atomic E-state index is 0.0567. The molecule has 1 aromatic rings. The molecule has 1 aromatic carbocycles. The molecule has 10 nitrogen and oxygen atoms in total. The zero-order chi connectivity index (χ0) is 21.9. The molecular weight excluding hydrogens is 414 g/mol. The standard InChI is InChI=1S/C19H21N3O7S/c1-2-30(27,28)20-9-3-4-10-29-12-5-6-13-14(11-12)19(26)22(18(13)25)15-7-8-16(23)21-17(15)24/h2,5-6,11,15,20H,1,3-4,7-10H2,(H,21,23,24). The van der Waals surface area contributed by atoms with Gasteiger partial charge in [0, 0.05) is 18.4 Å². The predicted molar refractivity (Wildman–Crippen MR) is 105 cm³/mol. The highest BCUT2D eigenvalue weighted by atomic mass is 32.2. The number of hydrogen-bond acceptors (Lipinski definition) is 7. The molecule has 1 fully saturated rings. The van der Waals surface area contributed by atoms with Gasteiger partial charge in [-0.05, 0) is 37.5 Å². The molecule has 0 saturated carbocycles. The van der Waals surface area contributed by atoms with Gasteiger partial charge in [0.2, 0.25) is 21.8 Å². The van der Waals surface area contributed by atoms with Crippen LogP contribution in [-0.2, 0) is 19.6 Å². The van der Waals surface area contributed by atoms with Crippen LogP contribution in [0, 0.1) is 0 Å². The lowest BCUT2D eigenvalue weighted by molar-refractivity contribution is -0.136. The Balaban J connectivity index is 1.58. The first-order valence-electron chi connectivity index (χ1n) is 9.34. The lowest BCUT2D eigenvalue weighted by Gasteiger charge is -2.27. The van der Waals surface area contributed by atoms with Gasteiger partial charge in [-0.25, -0.2) is 13.1 Å². The van der Waals surface area contributed by atoms with Crippen LogP contribution in [0.4, 0.5) is 0 Å². The predicted octanol–water partition coefficient (Wildman–Crippen LogP) is 0.310. The highest BCUT2D eigenvalue weighted by Crippen LogP contribution is 2.30. The number of unbranched alkanes of at least 4 members (excludes halogenated alkanes) is 1. The first kappa shape index (κ1) is 21.7. The van der Waals surface area contributed by atoms with E-state index in [0.717, 1.165) is 10.3 Å². The molecule has 2 N–H and O–H groups in total. The summed E-state index contributed by atoms with van der Waals surface area (Å²) < 4.78 is 30.4. The number of piperidine rings is 1. The highest BCUT2D eigenvalue weighted by molar-refractivity contribution is 7.92.